The van der Waals surface area contributed by atoms with Gasteiger partial charge in [-0.25, -0.2) is 0 Å². The lowest BCUT2D eigenvalue weighted by molar-refractivity contribution is -0.0527. The van der Waals surface area contributed by atoms with Crippen molar-refractivity contribution in [3.63, 3.8) is 0 Å². The molecule has 0 amide bonds. The van der Waals surface area contributed by atoms with Gasteiger partial charge in [-0.2, -0.15) is 0 Å². The molecule has 1 heterocycles. The Bertz CT molecular complexity index is 752. The Kier molecular flexibility index (Phi) is 4.92. The van der Waals surface area contributed by atoms with E-state index in [1.165, 1.54) is 25.7 Å². The van der Waals surface area contributed by atoms with Crippen LogP contribution in [0.15, 0.2) is 23.8 Å². The number of hydrogen-bond donors (Lipinski definition) is 1. The van der Waals surface area contributed by atoms with Crippen LogP contribution in [-0.2, 0) is 4.74 Å². The minimum Gasteiger partial charge on any atom is -0.393 e. The second kappa shape index (κ2) is 6.95. The van der Waals surface area contributed by atoms with Gasteiger partial charge in [0.25, 0.3) is 0 Å². The molecule has 0 aromatic heterocycles. The maximum Gasteiger partial charge on any atom is 0.107 e. The average molecular weight is 413 g/mol. The number of ether oxygens (including phenoxy) is 1. The van der Waals surface area contributed by atoms with E-state index in [0.29, 0.717) is 23.2 Å². The van der Waals surface area contributed by atoms with Gasteiger partial charge in [0.15, 0.2) is 0 Å². The van der Waals surface area contributed by atoms with Gasteiger partial charge >= 0.3 is 0 Å². The highest BCUT2D eigenvalue weighted by atomic mass is 16.6. The van der Waals surface area contributed by atoms with E-state index >= 15 is 0 Å². The molecule has 1 aliphatic heterocycles. The van der Waals surface area contributed by atoms with Crippen molar-refractivity contribution < 1.29 is 9.84 Å². The molecular weight excluding hydrogens is 368 g/mol. The third-order valence-electron chi connectivity index (χ3n) is 10.9. The molecule has 5 aliphatic rings. The lowest BCUT2D eigenvalue weighted by Gasteiger charge is -2.56. The van der Waals surface area contributed by atoms with Crippen molar-refractivity contribution in [3.05, 3.63) is 23.8 Å². The van der Waals surface area contributed by atoms with E-state index in [2.05, 4.69) is 59.8 Å². The molecule has 1 spiro atoms. The van der Waals surface area contributed by atoms with E-state index in [1.54, 1.807) is 5.57 Å². The molecule has 3 saturated carbocycles. The summed E-state index contributed by atoms with van der Waals surface area (Å²) in [5, 5.41) is 10.4. The van der Waals surface area contributed by atoms with Crippen molar-refractivity contribution in [3.8, 4) is 0 Å². The number of aliphatic hydroxyl groups is 1. The van der Waals surface area contributed by atoms with Crippen molar-refractivity contribution in [2.75, 3.05) is 0 Å². The van der Waals surface area contributed by atoms with Gasteiger partial charge in [0.2, 0.25) is 0 Å². The summed E-state index contributed by atoms with van der Waals surface area (Å²) >= 11 is 0. The minimum absolute atomic E-state index is 0.0480. The van der Waals surface area contributed by atoms with Crippen LogP contribution in [-0.4, -0.2) is 22.9 Å². The van der Waals surface area contributed by atoms with E-state index in [-0.39, 0.29) is 23.2 Å². The maximum atomic E-state index is 10.4. The highest BCUT2D eigenvalue weighted by Crippen LogP contribution is 2.72. The van der Waals surface area contributed by atoms with E-state index in [0.717, 1.165) is 37.0 Å². The van der Waals surface area contributed by atoms with E-state index < -0.39 is 0 Å². The smallest absolute Gasteiger partial charge is 0.107 e. The zero-order valence-corrected chi connectivity index (χ0v) is 20.2. The molecule has 2 heteroatoms. The standard InChI is InChI=1S/C28H44O2/c1-17(2)18(3)7-8-19(4)22-9-10-23-21-15-25-28(30-25)16-20(29)11-14-27(28,6)24(21)12-13-26(22,23)5/h7-8,15,17-20,22-25,29H,9-14,16H2,1-6H3. The van der Waals surface area contributed by atoms with Gasteiger partial charge in [-0.1, -0.05) is 65.3 Å². The Labute approximate surface area is 184 Å². The van der Waals surface area contributed by atoms with Crippen LogP contribution in [0.2, 0.25) is 0 Å². The van der Waals surface area contributed by atoms with Gasteiger partial charge in [-0.05, 0) is 79.4 Å². The third kappa shape index (κ3) is 2.81. The molecule has 10 atom stereocenters. The van der Waals surface area contributed by atoms with Crippen LogP contribution in [0.5, 0.6) is 0 Å². The molecule has 0 aromatic rings. The van der Waals surface area contributed by atoms with Gasteiger partial charge in [0.1, 0.15) is 11.7 Å². The first-order chi connectivity index (χ1) is 14.1. The maximum absolute atomic E-state index is 10.4. The summed E-state index contributed by atoms with van der Waals surface area (Å²) in [5.41, 5.74) is 2.38. The average Bonchev–Trinajstić information content (AvgIpc) is 3.27. The molecule has 0 aromatic carbocycles. The molecule has 1 saturated heterocycles. The predicted molar refractivity (Wildman–Crippen MR) is 123 cm³/mol. The topological polar surface area (TPSA) is 32.8 Å². The van der Waals surface area contributed by atoms with Crippen LogP contribution in [0.4, 0.5) is 0 Å². The van der Waals surface area contributed by atoms with Gasteiger partial charge in [-0.15, -0.1) is 0 Å². The number of rotatable bonds is 4. The molecule has 0 bridgehead atoms. The zero-order chi connectivity index (χ0) is 21.5. The van der Waals surface area contributed by atoms with Gasteiger partial charge in [0, 0.05) is 11.8 Å². The number of hydrogen-bond acceptors (Lipinski definition) is 2. The first-order valence-corrected chi connectivity index (χ1v) is 12.9. The normalized spacial score (nSPS) is 51.6. The fourth-order valence-electron chi connectivity index (χ4n) is 8.52. The van der Waals surface area contributed by atoms with E-state index in [1.807, 2.05) is 0 Å². The van der Waals surface area contributed by atoms with Crippen molar-refractivity contribution in [1.82, 2.24) is 0 Å². The van der Waals surface area contributed by atoms with Gasteiger partial charge in [0.05, 0.1) is 6.10 Å². The van der Waals surface area contributed by atoms with E-state index in [9.17, 15) is 5.11 Å². The molecule has 10 unspecified atom stereocenters. The summed E-state index contributed by atoms with van der Waals surface area (Å²) in [7, 11) is 0. The lowest BCUT2D eigenvalue weighted by Crippen LogP contribution is -2.55. The van der Waals surface area contributed by atoms with Crippen LogP contribution in [0.1, 0.15) is 86.5 Å². The fourth-order valence-corrected chi connectivity index (χ4v) is 8.52. The molecular formula is C28H44O2. The monoisotopic (exact) mass is 412 g/mol. The zero-order valence-electron chi connectivity index (χ0n) is 20.2. The van der Waals surface area contributed by atoms with Crippen LogP contribution in [0.3, 0.4) is 0 Å². The molecule has 4 aliphatic carbocycles. The first-order valence-electron chi connectivity index (χ1n) is 12.9. The fraction of sp³-hybridized carbons (Fsp3) is 0.857. The number of aliphatic hydroxyl groups excluding tert-OH is 1. The summed E-state index contributed by atoms with van der Waals surface area (Å²) in [6.07, 6.45) is 16.0. The van der Waals surface area contributed by atoms with Crippen LogP contribution >= 0.6 is 0 Å². The summed E-state index contributed by atoms with van der Waals surface area (Å²) in [6, 6.07) is 0. The van der Waals surface area contributed by atoms with Crippen LogP contribution in [0.25, 0.3) is 0 Å². The summed E-state index contributed by atoms with van der Waals surface area (Å²) in [5.74, 6) is 4.26. The van der Waals surface area contributed by atoms with E-state index in [4.69, 9.17) is 4.74 Å². The molecule has 4 fully saturated rings. The Hall–Kier alpha value is -0.600. The first kappa shape index (κ1) is 21.3. The van der Waals surface area contributed by atoms with Crippen LogP contribution < -0.4 is 0 Å². The summed E-state index contributed by atoms with van der Waals surface area (Å²) in [6.45, 7) is 14.6. The lowest BCUT2D eigenvalue weighted by atomic mass is 9.47. The minimum atomic E-state index is -0.163. The molecule has 0 radical (unpaired) electrons. The SMILES string of the molecule is CC(C)C(C)C=CC(C)C1CCC2C3=CC4OC45CC(O)CCC5(C)C3CCC21C. The van der Waals surface area contributed by atoms with Gasteiger partial charge < -0.3 is 9.84 Å². The Balaban J connectivity index is 1.40. The molecule has 30 heavy (non-hydrogen) atoms. The molecule has 168 valence electrons. The number of allylic oxidation sites excluding steroid dienone is 3. The predicted octanol–water partition coefficient (Wildman–Crippen LogP) is 6.54. The second-order valence-electron chi connectivity index (χ2n) is 12.6. The highest BCUT2D eigenvalue weighted by molar-refractivity contribution is 5.38. The Morgan fingerprint density at radius 1 is 1.00 bits per heavy atom. The van der Waals surface area contributed by atoms with Crippen molar-refractivity contribution in [2.45, 2.75) is 104 Å². The van der Waals surface area contributed by atoms with Crippen LogP contribution in [0, 0.1) is 46.3 Å². The van der Waals surface area contributed by atoms with Gasteiger partial charge in [-0.3, -0.25) is 0 Å². The van der Waals surface area contributed by atoms with Crippen molar-refractivity contribution >= 4 is 0 Å². The second-order valence-corrected chi connectivity index (χ2v) is 12.6. The highest BCUT2D eigenvalue weighted by Gasteiger charge is 2.73. The van der Waals surface area contributed by atoms with Crippen molar-refractivity contribution in [2.24, 2.45) is 46.3 Å². The summed E-state index contributed by atoms with van der Waals surface area (Å²) < 4.78 is 6.43. The molecule has 1 N–H and O–H groups in total. The largest absolute Gasteiger partial charge is 0.393 e. The number of epoxide rings is 1. The summed E-state index contributed by atoms with van der Waals surface area (Å²) in [4.78, 5) is 0. The Morgan fingerprint density at radius 3 is 2.50 bits per heavy atom. The number of fused-ring (bicyclic) bond motifs is 4. The Morgan fingerprint density at radius 2 is 1.77 bits per heavy atom. The van der Waals surface area contributed by atoms with Crippen molar-refractivity contribution in [1.29, 1.82) is 0 Å². The quantitative estimate of drug-likeness (QED) is 0.420. The molecule has 5 rings (SSSR count). The third-order valence-corrected chi connectivity index (χ3v) is 10.9. The molecule has 2 nitrogen and oxygen atoms in total.